The van der Waals surface area contributed by atoms with Crippen LogP contribution in [0.3, 0.4) is 0 Å². The van der Waals surface area contributed by atoms with Crippen molar-refractivity contribution in [1.82, 2.24) is 15.6 Å². The van der Waals surface area contributed by atoms with Crippen LogP contribution in [-0.4, -0.2) is 43.0 Å². The molecule has 2 heterocycles. The lowest BCUT2D eigenvalue weighted by Crippen LogP contribution is -2.48. The molecule has 1 aliphatic heterocycles. The summed E-state index contributed by atoms with van der Waals surface area (Å²) >= 11 is 0. The standard InChI is InChI=1S/C23H31N5O2/c1-14-7-6-8-21(26-14)27-22-15(2)16(3)28(17(4)29)20-10-9-18(13-19(20)22)23(30)25-12-11-24-5/h6-10,13,15-16,22,24H,11-12H2,1-5H3,(H,25,30)(H,26,27)/t15?,16-,22?/m0/s1. The van der Waals surface area contributed by atoms with E-state index in [1.165, 1.54) is 0 Å². The molecule has 7 nitrogen and oxygen atoms in total. The second-order valence-corrected chi connectivity index (χ2v) is 7.91. The minimum atomic E-state index is -0.124. The van der Waals surface area contributed by atoms with Crippen LogP contribution in [0, 0.1) is 12.8 Å². The molecule has 0 saturated heterocycles. The van der Waals surface area contributed by atoms with Crippen molar-refractivity contribution < 1.29 is 9.59 Å². The van der Waals surface area contributed by atoms with E-state index in [9.17, 15) is 9.59 Å². The van der Waals surface area contributed by atoms with E-state index in [4.69, 9.17) is 0 Å². The quantitative estimate of drug-likeness (QED) is 0.639. The molecule has 0 saturated carbocycles. The molecule has 1 aromatic carbocycles. The molecule has 3 N–H and O–H groups in total. The molecule has 2 unspecified atom stereocenters. The third kappa shape index (κ3) is 4.46. The first kappa shape index (κ1) is 21.8. The maximum atomic E-state index is 12.6. The van der Waals surface area contributed by atoms with Crippen molar-refractivity contribution in [2.24, 2.45) is 5.92 Å². The Balaban J connectivity index is 2.01. The average Bonchev–Trinajstić information content (AvgIpc) is 2.71. The van der Waals surface area contributed by atoms with Crippen molar-refractivity contribution in [2.45, 2.75) is 39.8 Å². The Morgan fingerprint density at radius 3 is 2.57 bits per heavy atom. The minimum absolute atomic E-state index is 0.00560. The number of nitrogens with one attached hydrogen (secondary N) is 3. The van der Waals surface area contributed by atoms with E-state index in [2.05, 4.69) is 34.8 Å². The monoisotopic (exact) mass is 409 g/mol. The summed E-state index contributed by atoms with van der Waals surface area (Å²) in [5, 5.41) is 9.48. The Hall–Kier alpha value is -2.93. The fraction of sp³-hybridized carbons (Fsp3) is 0.435. The summed E-state index contributed by atoms with van der Waals surface area (Å²) in [5.74, 6) is 0.770. The van der Waals surface area contributed by atoms with Gasteiger partial charge in [0, 0.05) is 48.9 Å². The van der Waals surface area contributed by atoms with Gasteiger partial charge in [0.1, 0.15) is 5.82 Å². The van der Waals surface area contributed by atoms with Gasteiger partial charge in [-0.15, -0.1) is 0 Å². The Bertz CT molecular complexity index is 930. The lowest BCUT2D eigenvalue weighted by Gasteiger charge is -2.44. The second kappa shape index (κ2) is 9.26. The van der Waals surface area contributed by atoms with E-state index in [1.807, 2.05) is 49.2 Å². The lowest BCUT2D eigenvalue weighted by molar-refractivity contribution is -0.117. The molecule has 1 aliphatic rings. The van der Waals surface area contributed by atoms with Crippen LogP contribution in [-0.2, 0) is 4.79 Å². The van der Waals surface area contributed by atoms with Crippen LogP contribution >= 0.6 is 0 Å². The topological polar surface area (TPSA) is 86.4 Å². The maximum absolute atomic E-state index is 12.6. The van der Waals surface area contributed by atoms with Crippen molar-refractivity contribution >= 4 is 23.3 Å². The molecule has 3 atom stereocenters. The number of pyridine rings is 1. The van der Waals surface area contributed by atoms with E-state index < -0.39 is 0 Å². The van der Waals surface area contributed by atoms with Gasteiger partial charge in [0.05, 0.1) is 6.04 Å². The molecule has 0 aliphatic carbocycles. The van der Waals surface area contributed by atoms with Gasteiger partial charge in [0.2, 0.25) is 5.91 Å². The van der Waals surface area contributed by atoms with Gasteiger partial charge in [-0.3, -0.25) is 9.59 Å². The molecule has 3 rings (SSSR count). The molecule has 7 heteroatoms. The fourth-order valence-corrected chi connectivity index (χ4v) is 4.03. The molecule has 0 radical (unpaired) electrons. The van der Waals surface area contributed by atoms with E-state index >= 15 is 0 Å². The Morgan fingerprint density at radius 1 is 1.13 bits per heavy atom. The van der Waals surface area contributed by atoms with Gasteiger partial charge >= 0.3 is 0 Å². The summed E-state index contributed by atoms with van der Waals surface area (Å²) < 4.78 is 0. The molecule has 0 spiro atoms. The molecular formula is C23H31N5O2. The van der Waals surface area contributed by atoms with Gasteiger partial charge in [-0.05, 0) is 56.8 Å². The number of nitrogens with zero attached hydrogens (tertiary/aromatic N) is 2. The van der Waals surface area contributed by atoms with Crippen LogP contribution in [0.2, 0.25) is 0 Å². The van der Waals surface area contributed by atoms with Crippen molar-refractivity contribution in [2.75, 3.05) is 30.4 Å². The minimum Gasteiger partial charge on any atom is -0.363 e. The number of aryl methyl sites for hydroxylation is 1. The number of likely N-dealkylation sites (N-methyl/N-ethyl adjacent to an activating group) is 1. The van der Waals surface area contributed by atoms with Crippen molar-refractivity contribution in [3.63, 3.8) is 0 Å². The fourth-order valence-electron chi connectivity index (χ4n) is 4.03. The summed E-state index contributed by atoms with van der Waals surface area (Å²) in [7, 11) is 1.85. The lowest BCUT2D eigenvalue weighted by atomic mass is 9.82. The van der Waals surface area contributed by atoms with Gasteiger partial charge in [-0.2, -0.15) is 0 Å². The number of amides is 2. The summed E-state index contributed by atoms with van der Waals surface area (Å²) in [6.07, 6.45) is 0. The number of aromatic nitrogens is 1. The molecule has 30 heavy (non-hydrogen) atoms. The number of carbonyl (C=O) groups excluding carboxylic acids is 2. The van der Waals surface area contributed by atoms with Crippen molar-refractivity contribution in [1.29, 1.82) is 0 Å². The normalized spacial score (nSPS) is 20.4. The highest BCUT2D eigenvalue weighted by Gasteiger charge is 2.38. The Kier molecular flexibility index (Phi) is 6.72. The summed E-state index contributed by atoms with van der Waals surface area (Å²) in [6.45, 7) is 8.97. The number of anilines is 2. The zero-order chi connectivity index (χ0) is 21.8. The van der Waals surface area contributed by atoms with Crippen molar-refractivity contribution in [3.8, 4) is 0 Å². The average molecular weight is 410 g/mol. The first-order valence-corrected chi connectivity index (χ1v) is 10.4. The van der Waals surface area contributed by atoms with Crippen LogP contribution in [0.5, 0.6) is 0 Å². The summed E-state index contributed by atoms with van der Waals surface area (Å²) in [4.78, 5) is 31.5. The number of carbonyl (C=O) groups is 2. The Labute approximate surface area is 178 Å². The van der Waals surface area contributed by atoms with Crippen LogP contribution in [0.1, 0.15) is 48.4 Å². The Morgan fingerprint density at radius 2 is 1.90 bits per heavy atom. The first-order valence-electron chi connectivity index (χ1n) is 10.4. The van der Waals surface area contributed by atoms with E-state index in [0.717, 1.165) is 22.8 Å². The highest BCUT2D eigenvalue weighted by molar-refractivity contribution is 5.98. The third-order valence-corrected chi connectivity index (χ3v) is 5.77. The molecule has 2 aromatic rings. The molecule has 1 aromatic heterocycles. The largest absolute Gasteiger partial charge is 0.363 e. The number of fused-ring (bicyclic) bond motifs is 1. The predicted octanol–water partition coefficient (Wildman–Crippen LogP) is 2.88. The highest BCUT2D eigenvalue weighted by Crippen LogP contribution is 2.42. The zero-order valence-corrected chi connectivity index (χ0v) is 18.3. The maximum Gasteiger partial charge on any atom is 0.251 e. The van der Waals surface area contributed by atoms with Gasteiger partial charge in [-0.25, -0.2) is 4.98 Å². The zero-order valence-electron chi connectivity index (χ0n) is 18.3. The van der Waals surface area contributed by atoms with Gasteiger partial charge in [-0.1, -0.05) is 13.0 Å². The van der Waals surface area contributed by atoms with E-state index in [0.29, 0.717) is 18.7 Å². The number of rotatable bonds is 6. The highest BCUT2D eigenvalue weighted by atomic mass is 16.2. The summed E-state index contributed by atoms with van der Waals surface area (Å²) in [5.41, 5.74) is 3.28. The molecular weight excluding hydrogens is 378 g/mol. The smallest absolute Gasteiger partial charge is 0.251 e. The SMILES string of the molecule is CNCCNC(=O)c1ccc2c(c1)C(Nc1cccc(C)n1)C(C)[C@H](C)N2C(C)=O. The molecule has 0 fully saturated rings. The van der Waals surface area contributed by atoms with E-state index in [1.54, 1.807) is 13.0 Å². The van der Waals surface area contributed by atoms with E-state index in [-0.39, 0.29) is 29.8 Å². The first-order chi connectivity index (χ1) is 14.3. The van der Waals surface area contributed by atoms with Gasteiger partial charge in [0.25, 0.3) is 5.91 Å². The van der Waals surface area contributed by atoms with Gasteiger partial charge in [0.15, 0.2) is 0 Å². The number of benzene rings is 1. The third-order valence-electron chi connectivity index (χ3n) is 5.77. The van der Waals surface area contributed by atoms with Crippen LogP contribution in [0.15, 0.2) is 36.4 Å². The molecule has 160 valence electrons. The van der Waals surface area contributed by atoms with Crippen LogP contribution < -0.4 is 20.9 Å². The number of hydrogen-bond donors (Lipinski definition) is 3. The number of hydrogen-bond acceptors (Lipinski definition) is 5. The van der Waals surface area contributed by atoms with Crippen LogP contribution in [0.25, 0.3) is 0 Å². The second-order valence-electron chi connectivity index (χ2n) is 7.91. The molecule has 0 bridgehead atoms. The summed E-state index contributed by atoms with van der Waals surface area (Å²) in [6, 6.07) is 11.4. The predicted molar refractivity (Wildman–Crippen MR) is 120 cm³/mol. The van der Waals surface area contributed by atoms with Crippen LogP contribution in [0.4, 0.5) is 11.5 Å². The van der Waals surface area contributed by atoms with Gasteiger partial charge < -0.3 is 20.9 Å². The molecule has 2 amide bonds. The van der Waals surface area contributed by atoms with Crippen molar-refractivity contribution in [3.05, 3.63) is 53.2 Å².